The number of hydrogen-bond acceptors (Lipinski definition) is 3. The minimum atomic E-state index is -1.89. The summed E-state index contributed by atoms with van der Waals surface area (Å²) >= 11 is 6.03. The quantitative estimate of drug-likeness (QED) is 0.827. The average Bonchev–Trinajstić information content (AvgIpc) is 2.76. The molecule has 0 spiro atoms. The molecule has 1 amide bonds. The first-order valence-corrected chi connectivity index (χ1v) is 8.86. The lowest BCUT2D eigenvalue weighted by Gasteiger charge is -2.22. The van der Waals surface area contributed by atoms with E-state index in [-0.39, 0.29) is 17.6 Å². The summed E-state index contributed by atoms with van der Waals surface area (Å²) in [5.41, 5.74) is 0.614. The number of carbonyl (C=O) groups is 2. The molecule has 5 heteroatoms. The van der Waals surface area contributed by atoms with Crippen LogP contribution in [-0.4, -0.2) is 23.8 Å². The second kappa shape index (κ2) is 6.22. The number of carbonyl (C=O) groups excluding carboxylic acids is 2. The van der Waals surface area contributed by atoms with Gasteiger partial charge in [-0.05, 0) is 29.2 Å². The number of Topliss-reactive ketones (excluding diaryl/α,β-unsaturated/α-hetero) is 1. The van der Waals surface area contributed by atoms with Gasteiger partial charge >= 0.3 is 0 Å². The smallest absolute Gasteiger partial charge is 0.263 e. The maximum absolute atomic E-state index is 12.8. The Labute approximate surface area is 158 Å². The van der Waals surface area contributed by atoms with Crippen LogP contribution in [0.2, 0.25) is 5.02 Å². The van der Waals surface area contributed by atoms with Crippen LogP contribution < -0.4 is 4.90 Å². The van der Waals surface area contributed by atoms with Crippen molar-refractivity contribution in [2.24, 2.45) is 0 Å². The van der Waals surface area contributed by atoms with Gasteiger partial charge in [0, 0.05) is 23.2 Å². The first-order valence-electron chi connectivity index (χ1n) is 8.48. The molecule has 26 heavy (non-hydrogen) atoms. The minimum absolute atomic E-state index is 0.0143. The molecule has 2 aromatic rings. The number of aliphatic hydroxyl groups is 1. The summed E-state index contributed by atoms with van der Waals surface area (Å²) in [6.07, 6.45) is -0.321. The first-order chi connectivity index (χ1) is 12.0. The molecule has 0 fully saturated rings. The highest BCUT2D eigenvalue weighted by molar-refractivity contribution is 6.31. The summed E-state index contributed by atoms with van der Waals surface area (Å²) in [6, 6.07) is 12.2. The summed E-state index contributed by atoms with van der Waals surface area (Å²) < 4.78 is 0. The number of amides is 1. The van der Waals surface area contributed by atoms with Crippen molar-refractivity contribution in [1.29, 1.82) is 0 Å². The average molecular weight is 372 g/mol. The van der Waals surface area contributed by atoms with Crippen LogP contribution in [0.4, 0.5) is 5.69 Å². The van der Waals surface area contributed by atoms with E-state index in [4.69, 9.17) is 11.6 Å². The highest BCUT2D eigenvalue weighted by Crippen LogP contribution is 2.43. The number of nitrogens with zero attached hydrogens (tertiary/aromatic N) is 1. The Kier molecular flexibility index (Phi) is 4.45. The lowest BCUT2D eigenvalue weighted by Crippen LogP contribution is -2.40. The Morgan fingerprint density at radius 1 is 1.15 bits per heavy atom. The third-order valence-corrected chi connectivity index (χ3v) is 5.15. The molecule has 0 aromatic heterocycles. The van der Waals surface area contributed by atoms with E-state index < -0.39 is 11.5 Å². The van der Waals surface area contributed by atoms with E-state index in [1.807, 2.05) is 12.1 Å². The predicted octanol–water partition coefficient (Wildman–Crippen LogP) is 4.07. The van der Waals surface area contributed by atoms with E-state index in [1.54, 1.807) is 37.4 Å². The molecule has 136 valence electrons. The molecule has 1 aliphatic rings. The molecule has 3 rings (SSSR count). The molecular formula is C21H22ClNO3. The van der Waals surface area contributed by atoms with Crippen molar-refractivity contribution in [2.45, 2.75) is 38.2 Å². The Morgan fingerprint density at radius 2 is 1.77 bits per heavy atom. The first kappa shape index (κ1) is 18.6. The van der Waals surface area contributed by atoms with Gasteiger partial charge in [0.1, 0.15) is 0 Å². The van der Waals surface area contributed by atoms with Gasteiger partial charge in [0.15, 0.2) is 11.4 Å². The molecule has 0 radical (unpaired) electrons. The lowest BCUT2D eigenvalue weighted by molar-refractivity contribution is -0.135. The summed E-state index contributed by atoms with van der Waals surface area (Å²) in [6.45, 7) is 6.29. The Bertz CT molecular complexity index is 883. The van der Waals surface area contributed by atoms with Crippen LogP contribution in [0.5, 0.6) is 0 Å². The standard InChI is InChI=1S/C21H22ClNO3/c1-20(2,3)14-7-5-13(6-8-14)18(24)12-21(26)16-11-15(22)9-10-17(16)23(4)19(21)25/h5-11,26H,12H2,1-4H3/t21-/m1/s1. The largest absolute Gasteiger partial charge is 0.375 e. The highest BCUT2D eigenvalue weighted by Gasteiger charge is 2.49. The number of fused-ring (bicyclic) bond motifs is 1. The van der Waals surface area contributed by atoms with Crippen molar-refractivity contribution in [3.63, 3.8) is 0 Å². The number of halogens is 1. The number of ketones is 1. The van der Waals surface area contributed by atoms with Gasteiger partial charge in [-0.25, -0.2) is 0 Å². The predicted molar refractivity (Wildman–Crippen MR) is 103 cm³/mol. The number of hydrogen-bond donors (Lipinski definition) is 1. The molecule has 1 aliphatic heterocycles. The fourth-order valence-corrected chi connectivity index (χ4v) is 3.47. The molecule has 1 N–H and O–H groups in total. The SMILES string of the molecule is CN1C(=O)[C@@](O)(CC(=O)c2ccc(C(C)(C)C)cc2)c2cc(Cl)ccc21. The van der Waals surface area contributed by atoms with Crippen LogP contribution in [0.25, 0.3) is 0 Å². The van der Waals surface area contributed by atoms with E-state index in [0.29, 0.717) is 21.8 Å². The fourth-order valence-electron chi connectivity index (χ4n) is 3.30. The van der Waals surface area contributed by atoms with Gasteiger partial charge in [-0.15, -0.1) is 0 Å². The number of likely N-dealkylation sites (N-methyl/N-ethyl adjacent to an activating group) is 1. The second-order valence-electron chi connectivity index (χ2n) is 7.81. The second-order valence-corrected chi connectivity index (χ2v) is 8.25. The Morgan fingerprint density at radius 3 is 2.35 bits per heavy atom. The van der Waals surface area contributed by atoms with Gasteiger partial charge in [0.25, 0.3) is 5.91 Å². The van der Waals surface area contributed by atoms with Crippen LogP contribution in [0.3, 0.4) is 0 Å². The summed E-state index contributed by atoms with van der Waals surface area (Å²) in [5, 5.41) is 11.5. The van der Waals surface area contributed by atoms with Gasteiger partial charge in [0.05, 0.1) is 12.1 Å². The van der Waals surface area contributed by atoms with Gasteiger partial charge in [-0.3, -0.25) is 9.59 Å². The number of anilines is 1. The van der Waals surface area contributed by atoms with Crippen LogP contribution >= 0.6 is 11.6 Å². The van der Waals surface area contributed by atoms with Crippen molar-refractivity contribution < 1.29 is 14.7 Å². The van der Waals surface area contributed by atoms with Crippen LogP contribution in [0.15, 0.2) is 42.5 Å². The molecule has 1 atom stereocenters. The van der Waals surface area contributed by atoms with E-state index in [1.165, 1.54) is 4.90 Å². The maximum Gasteiger partial charge on any atom is 0.263 e. The lowest BCUT2D eigenvalue weighted by atomic mass is 9.85. The Hall–Kier alpha value is -2.17. The molecule has 0 unspecified atom stereocenters. The molecule has 0 aliphatic carbocycles. The zero-order valence-corrected chi connectivity index (χ0v) is 16.1. The fraction of sp³-hybridized carbons (Fsp3) is 0.333. The van der Waals surface area contributed by atoms with Crippen molar-refractivity contribution in [3.8, 4) is 0 Å². The molecular weight excluding hydrogens is 350 g/mol. The van der Waals surface area contributed by atoms with E-state index in [0.717, 1.165) is 5.56 Å². The van der Waals surface area contributed by atoms with Gasteiger partial charge in [-0.2, -0.15) is 0 Å². The van der Waals surface area contributed by atoms with Crippen molar-refractivity contribution in [1.82, 2.24) is 0 Å². The zero-order chi connectivity index (χ0) is 19.3. The monoisotopic (exact) mass is 371 g/mol. The molecule has 4 nitrogen and oxygen atoms in total. The molecule has 0 saturated heterocycles. The molecule has 0 bridgehead atoms. The third kappa shape index (κ3) is 3.04. The topological polar surface area (TPSA) is 57.6 Å². The summed E-state index contributed by atoms with van der Waals surface area (Å²) in [4.78, 5) is 26.7. The van der Waals surface area contributed by atoms with Crippen molar-refractivity contribution >= 4 is 29.0 Å². The van der Waals surface area contributed by atoms with Crippen LogP contribution in [0.1, 0.15) is 48.7 Å². The maximum atomic E-state index is 12.8. The number of rotatable bonds is 3. The van der Waals surface area contributed by atoms with Gasteiger partial charge in [-0.1, -0.05) is 56.6 Å². The van der Waals surface area contributed by atoms with E-state index in [2.05, 4.69) is 20.8 Å². The number of benzene rings is 2. The summed E-state index contributed by atoms with van der Waals surface area (Å²) in [7, 11) is 1.58. The van der Waals surface area contributed by atoms with Crippen molar-refractivity contribution in [3.05, 3.63) is 64.2 Å². The molecule has 0 saturated carbocycles. The molecule has 1 heterocycles. The highest BCUT2D eigenvalue weighted by atomic mass is 35.5. The van der Waals surface area contributed by atoms with Crippen molar-refractivity contribution in [2.75, 3.05) is 11.9 Å². The van der Waals surface area contributed by atoms with Gasteiger partial charge < -0.3 is 10.0 Å². The van der Waals surface area contributed by atoms with Crippen LogP contribution in [0, 0.1) is 0 Å². The Balaban J connectivity index is 1.92. The third-order valence-electron chi connectivity index (χ3n) is 4.91. The van der Waals surface area contributed by atoms with E-state index >= 15 is 0 Å². The minimum Gasteiger partial charge on any atom is -0.375 e. The zero-order valence-electron chi connectivity index (χ0n) is 15.3. The normalized spacial score (nSPS) is 19.6. The van der Waals surface area contributed by atoms with Crippen LogP contribution in [-0.2, 0) is 15.8 Å². The summed E-state index contributed by atoms with van der Waals surface area (Å²) in [5.74, 6) is -0.808. The molecule has 2 aromatic carbocycles. The van der Waals surface area contributed by atoms with E-state index in [9.17, 15) is 14.7 Å². The van der Waals surface area contributed by atoms with Gasteiger partial charge in [0.2, 0.25) is 0 Å².